The summed E-state index contributed by atoms with van der Waals surface area (Å²) in [4.78, 5) is 11.6. The highest BCUT2D eigenvalue weighted by Gasteiger charge is 2.09. The molecule has 0 aliphatic carbocycles. The molecule has 0 heterocycles. The van der Waals surface area contributed by atoms with E-state index in [1.165, 1.54) is 0 Å². The van der Waals surface area contributed by atoms with Gasteiger partial charge in [0.05, 0.1) is 0 Å². The summed E-state index contributed by atoms with van der Waals surface area (Å²) in [6.07, 6.45) is 0.505. The molecule has 3 heteroatoms. The number of rotatable bonds is 5. The lowest BCUT2D eigenvalue weighted by Gasteiger charge is -2.18. The summed E-state index contributed by atoms with van der Waals surface area (Å²) in [5.74, 6) is 0.0533. The van der Waals surface area contributed by atoms with Crippen LogP contribution < -0.4 is 10.6 Å². The molecule has 0 atom stereocenters. The van der Waals surface area contributed by atoms with Gasteiger partial charge in [-0.15, -0.1) is 0 Å². The molecular formula is C14H22N2O. The fourth-order valence-electron chi connectivity index (χ4n) is 1.41. The van der Waals surface area contributed by atoms with Crippen LogP contribution in [0.2, 0.25) is 0 Å². The second-order valence-electron chi connectivity index (χ2n) is 5.40. The third kappa shape index (κ3) is 6.74. The van der Waals surface area contributed by atoms with E-state index in [-0.39, 0.29) is 11.3 Å². The van der Waals surface area contributed by atoms with Gasteiger partial charge in [0.25, 0.3) is 0 Å². The van der Waals surface area contributed by atoms with Gasteiger partial charge < -0.3 is 10.6 Å². The van der Waals surface area contributed by atoms with Gasteiger partial charge in [0, 0.05) is 25.2 Å². The first-order valence-electron chi connectivity index (χ1n) is 6.03. The third-order valence-electron chi connectivity index (χ3n) is 2.24. The maximum atomic E-state index is 11.6. The number of anilines is 1. The van der Waals surface area contributed by atoms with Crippen LogP contribution in [0.1, 0.15) is 27.2 Å². The largest absolute Gasteiger partial charge is 0.326 e. The Labute approximate surface area is 104 Å². The van der Waals surface area contributed by atoms with Crippen molar-refractivity contribution in [3.63, 3.8) is 0 Å². The summed E-state index contributed by atoms with van der Waals surface area (Å²) in [6, 6.07) is 9.53. The van der Waals surface area contributed by atoms with E-state index in [2.05, 4.69) is 31.4 Å². The van der Waals surface area contributed by atoms with Gasteiger partial charge in [0.2, 0.25) is 5.91 Å². The van der Waals surface area contributed by atoms with E-state index in [4.69, 9.17) is 0 Å². The average Bonchev–Trinajstić information content (AvgIpc) is 2.25. The van der Waals surface area contributed by atoms with Crippen LogP contribution in [0.15, 0.2) is 30.3 Å². The highest BCUT2D eigenvalue weighted by molar-refractivity contribution is 5.90. The molecular weight excluding hydrogens is 212 g/mol. The average molecular weight is 234 g/mol. The normalized spacial score (nSPS) is 11.2. The molecule has 1 rings (SSSR count). The Morgan fingerprint density at radius 3 is 2.41 bits per heavy atom. The first kappa shape index (κ1) is 13.7. The van der Waals surface area contributed by atoms with Crippen molar-refractivity contribution < 1.29 is 4.79 Å². The van der Waals surface area contributed by atoms with Crippen molar-refractivity contribution in [1.29, 1.82) is 0 Å². The van der Waals surface area contributed by atoms with Crippen molar-refractivity contribution >= 4 is 11.6 Å². The Morgan fingerprint density at radius 1 is 1.18 bits per heavy atom. The van der Waals surface area contributed by atoms with Crippen LogP contribution in [-0.2, 0) is 4.79 Å². The van der Waals surface area contributed by atoms with E-state index in [1.807, 2.05) is 30.3 Å². The van der Waals surface area contributed by atoms with E-state index in [9.17, 15) is 4.79 Å². The maximum Gasteiger partial charge on any atom is 0.225 e. The highest BCUT2D eigenvalue weighted by atomic mass is 16.1. The molecule has 94 valence electrons. The lowest BCUT2D eigenvalue weighted by atomic mass is 9.97. The third-order valence-corrected chi connectivity index (χ3v) is 2.24. The van der Waals surface area contributed by atoms with Gasteiger partial charge in [0.15, 0.2) is 0 Å². The predicted octanol–water partition coefficient (Wildman–Crippen LogP) is 2.65. The lowest BCUT2D eigenvalue weighted by Crippen LogP contribution is -2.29. The van der Waals surface area contributed by atoms with Crippen LogP contribution >= 0.6 is 0 Å². The topological polar surface area (TPSA) is 41.1 Å². The number of nitrogens with one attached hydrogen (secondary N) is 2. The SMILES string of the molecule is CC(C)(C)CNCCC(=O)Nc1ccccc1. The van der Waals surface area contributed by atoms with Crippen molar-refractivity contribution in [3.05, 3.63) is 30.3 Å². The molecule has 0 fully saturated rings. The molecule has 1 aromatic carbocycles. The molecule has 3 nitrogen and oxygen atoms in total. The molecule has 0 spiro atoms. The number of hydrogen-bond acceptors (Lipinski definition) is 2. The van der Waals surface area contributed by atoms with E-state index in [0.29, 0.717) is 6.42 Å². The molecule has 0 saturated heterocycles. The van der Waals surface area contributed by atoms with Crippen LogP contribution in [0.4, 0.5) is 5.69 Å². The van der Waals surface area contributed by atoms with Crippen LogP contribution in [0.5, 0.6) is 0 Å². The van der Waals surface area contributed by atoms with Crippen molar-refractivity contribution in [3.8, 4) is 0 Å². The summed E-state index contributed by atoms with van der Waals surface area (Å²) in [5, 5.41) is 6.14. The number of benzene rings is 1. The molecule has 0 aromatic heterocycles. The monoisotopic (exact) mass is 234 g/mol. The van der Waals surface area contributed by atoms with E-state index in [1.54, 1.807) is 0 Å². The highest BCUT2D eigenvalue weighted by Crippen LogP contribution is 2.10. The van der Waals surface area contributed by atoms with Gasteiger partial charge in [0.1, 0.15) is 0 Å². The van der Waals surface area contributed by atoms with Crippen molar-refractivity contribution in [2.45, 2.75) is 27.2 Å². The molecule has 0 radical (unpaired) electrons. The zero-order valence-corrected chi connectivity index (χ0v) is 10.9. The fraction of sp³-hybridized carbons (Fsp3) is 0.500. The number of carbonyl (C=O) groups excluding carboxylic acids is 1. The van der Waals surface area contributed by atoms with Crippen LogP contribution in [-0.4, -0.2) is 19.0 Å². The molecule has 0 aliphatic heterocycles. The Hall–Kier alpha value is -1.35. The standard InChI is InChI=1S/C14H22N2O/c1-14(2,3)11-15-10-9-13(17)16-12-7-5-4-6-8-12/h4-8,15H,9-11H2,1-3H3,(H,16,17). The fourth-order valence-corrected chi connectivity index (χ4v) is 1.41. The van der Waals surface area contributed by atoms with Crippen LogP contribution in [0, 0.1) is 5.41 Å². The predicted molar refractivity (Wildman–Crippen MR) is 72.0 cm³/mol. The molecule has 2 N–H and O–H groups in total. The molecule has 17 heavy (non-hydrogen) atoms. The van der Waals surface area contributed by atoms with Crippen molar-refractivity contribution in [1.82, 2.24) is 5.32 Å². The maximum absolute atomic E-state index is 11.6. The minimum absolute atomic E-state index is 0.0533. The van der Waals surface area contributed by atoms with Crippen molar-refractivity contribution in [2.75, 3.05) is 18.4 Å². The summed E-state index contributed by atoms with van der Waals surface area (Å²) >= 11 is 0. The van der Waals surface area contributed by atoms with Crippen LogP contribution in [0.3, 0.4) is 0 Å². The zero-order chi connectivity index (χ0) is 12.7. The summed E-state index contributed by atoms with van der Waals surface area (Å²) in [7, 11) is 0. The van der Waals surface area contributed by atoms with E-state index in [0.717, 1.165) is 18.8 Å². The van der Waals surface area contributed by atoms with Crippen molar-refractivity contribution in [2.24, 2.45) is 5.41 Å². The van der Waals surface area contributed by atoms with E-state index < -0.39 is 0 Å². The number of para-hydroxylation sites is 1. The Bertz CT molecular complexity index is 341. The lowest BCUT2D eigenvalue weighted by molar-refractivity contribution is -0.116. The molecule has 0 unspecified atom stereocenters. The van der Waals surface area contributed by atoms with Gasteiger partial charge in [-0.05, 0) is 17.5 Å². The smallest absolute Gasteiger partial charge is 0.225 e. The summed E-state index contributed by atoms with van der Waals surface area (Å²) in [5.41, 5.74) is 1.11. The molecule has 1 aromatic rings. The van der Waals surface area contributed by atoms with Gasteiger partial charge in [-0.1, -0.05) is 39.0 Å². The minimum Gasteiger partial charge on any atom is -0.326 e. The number of amides is 1. The number of hydrogen-bond donors (Lipinski definition) is 2. The molecule has 0 saturated carbocycles. The zero-order valence-electron chi connectivity index (χ0n) is 10.9. The molecule has 0 bridgehead atoms. The second-order valence-corrected chi connectivity index (χ2v) is 5.40. The van der Waals surface area contributed by atoms with Gasteiger partial charge in [-0.2, -0.15) is 0 Å². The minimum atomic E-state index is 0.0533. The first-order valence-corrected chi connectivity index (χ1v) is 6.03. The Kier molecular flexibility index (Phi) is 5.16. The van der Waals surface area contributed by atoms with Gasteiger partial charge in [-0.3, -0.25) is 4.79 Å². The quantitative estimate of drug-likeness (QED) is 0.769. The molecule has 0 aliphatic rings. The second kappa shape index (κ2) is 6.40. The van der Waals surface area contributed by atoms with Gasteiger partial charge >= 0.3 is 0 Å². The number of carbonyl (C=O) groups is 1. The Balaban J connectivity index is 2.18. The molecule has 1 amide bonds. The first-order chi connectivity index (χ1) is 7.97. The Morgan fingerprint density at radius 2 is 1.82 bits per heavy atom. The van der Waals surface area contributed by atoms with Gasteiger partial charge in [-0.25, -0.2) is 0 Å². The van der Waals surface area contributed by atoms with E-state index >= 15 is 0 Å². The summed E-state index contributed by atoms with van der Waals surface area (Å²) < 4.78 is 0. The van der Waals surface area contributed by atoms with Crippen LogP contribution in [0.25, 0.3) is 0 Å². The summed E-state index contributed by atoms with van der Waals surface area (Å²) in [6.45, 7) is 8.15.